The van der Waals surface area contributed by atoms with Gasteiger partial charge in [-0.1, -0.05) is 24.3 Å². The van der Waals surface area contributed by atoms with Crippen molar-refractivity contribution >= 4 is 23.1 Å². The van der Waals surface area contributed by atoms with Crippen molar-refractivity contribution < 1.29 is 9.59 Å². The minimum atomic E-state index is -0.796. The Morgan fingerprint density at radius 3 is 2.59 bits per heavy atom. The van der Waals surface area contributed by atoms with Gasteiger partial charge in [0.05, 0.1) is 0 Å². The number of hydrogen-bond acceptors (Lipinski definition) is 3. The van der Waals surface area contributed by atoms with Crippen LogP contribution in [0.1, 0.15) is 22.8 Å². The molecule has 0 saturated heterocycles. The van der Waals surface area contributed by atoms with Gasteiger partial charge in [-0.2, -0.15) is 5.10 Å². The Morgan fingerprint density at radius 1 is 1.29 bits per heavy atom. The van der Waals surface area contributed by atoms with Crippen molar-refractivity contribution in [3.63, 3.8) is 0 Å². The van der Waals surface area contributed by atoms with Crippen molar-refractivity contribution in [2.24, 2.45) is 10.8 Å². The van der Waals surface area contributed by atoms with E-state index in [1.807, 2.05) is 19.1 Å². The Hall–Kier alpha value is -2.43. The summed E-state index contributed by atoms with van der Waals surface area (Å²) in [6.07, 6.45) is 1.63. The summed E-state index contributed by atoms with van der Waals surface area (Å²) in [7, 11) is 0. The minimum Gasteiger partial charge on any atom is -0.350 e. The second-order valence-electron chi connectivity index (χ2n) is 3.68. The first-order valence-corrected chi connectivity index (χ1v) is 5.05. The van der Waals surface area contributed by atoms with Crippen molar-refractivity contribution in [1.82, 2.24) is 5.43 Å². The number of hydrazone groups is 1. The normalized spacial score (nSPS) is 16.4. The van der Waals surface area contributed by atoms with E-state index in [0.717, 1.165) is 11.1 Å². The van der Waals surface area contributed by atoms with Crippen LogP contribution in [-0.4, -0.2) is 17.5 Å². The summed E-state index contributed by atoms with van der Waals surface area (Å²) in [6.45, 7) is 1.88. The fraction of sp³-hybridized carbons (Fsp3) is 0.0833. The first kappa shape index (κ1) is 11.1. The molecule has 17 heavy (non-hydrogen) atoms. The number of allylic oxidation sites excluding steroid dienone is 2. The summed E-state index contributed by atoms with van der Waals surface area (Å²) in [6, 6.07) is 6.46. The molecule has 0 fully saturated rings. The molecular formula is C12H11N3O2. The third-order valence-electron chi connectivity index (χ3n) is 2.47. The predicted octanol–water partition coefficient (Wildman–Crippen LogP) is 1.31. The number of primary amides is 1. The zero-order valence-corrected chi connectivity index (χ0v) is 9.23. The molecule has 0 aromatic heterocycles. The zero-order valence-electron chi connectivity index (χ0n) is 9.23. The van der Waals surface area contributed by atoms with E-state index >= 15 is 0 Å². The molecule has 1 aliphatic rings. The minimum absolute atomic E-state index is 0.181. The lowest BCUT2D eigenvalue weighted by Crippen LogP contribution is -2.28. The number of nitrogens with one attached hydrogen (secondary N) is 1. The van der Waals surface area contributed by atoms with Crippen LogP contribution in [0, 0.1) is 0 Å². The number of Topliss-reactive ketones (excluding diaryl/α,β-unsaturated/α-hetero) is 1. The first-order valence-electron chi connectivity index (χ1n) is 5.05. The fourth-order valence-electron chi connectivity index (χ4n) is 1.71. The van der Waals surface area contributed by atoms with E-state index in [9.17, 15) is 9.59 Å². The molecule has 5 nitrogen and oxygen atoms in total. The highest BCUT2D eigenvalue weighted by molar-refractivity contribution is 6.52. The molecule has 86 valence electrons. The van der Waals surface area contributed by atoms with Crippen LogP contribution >= 0.6 is 0 Å². The van der Waals surface area contributed by atoms with Gasteiger partial charge in [-0.3, -0.25) is 4.79 Å². The van der Waals surface area contributed by atoms with E-state index in [1.54, 1.807) is 18.2 Å². The molecule has 2 amide bonds. The Balaban J connectivity index is 2.45. The number of amides is 2. The van der Waals surface area contributed by atoms with E-state index in [-0.39, 0.29) is 11.5 Å². The maximum Gasteiger partial charge on any atom is 0.332 e. The molecule has 1 aromatic carbocycles. The van der Waals surface area contributed by atoms with Crippen LogP contribution in [0.3, 0.4) is 0 Å². The van der Waals surface area contributed by atoms with Crippen molar-refractivity contribution in [3.8, 4) is 0 Å². The van der Waals surface area contributed by atoms with Crippen molar-refractivity contribution in [1.29, 1.82) is 0 Å². The van der Waals surface area contributed by atoms with E-state index in [0.29, 0.717) is 5.56 Å². The molecule has 0 heterocycles. The van der Waals surface area contributed by atoms with E-state index < -0.39 is 6.03 Å². The number of rotatable bonds is 1. The molecule has 0 aliphatic heterocycles. The summed E-state index contributed by atoms with van der Waals surface area (Å²) in [5.74, 6) is -0.222. The smallest absolute Gasteiger partial charge is 0.332 e. The average molecular weight is 229 g/mol. The summed E-state index contributed by atoms with van der Waals surface area (Å²) < 4.78 is 0. The quantitative estimate of drug-likeness (QED) is 0.711. The Kier molecular flexibility index (Phi) is 2.74. The Bertz CT molecular complexity index is 559. The van der Waals surface area contributed by atoms with Gasteiger partial charge in [0.25, 0.3) is 0 Å². The molecule has 1 aromatic rings. The van der Waals surface area contributed by atoms with Gasteiger partial charge in [0.1, 0.15) is 5.71 Å². The van der Waals surface area contributed by atoms with Crippen LogP contribution in [0.25, 0.3) is 5.57 Å². The summed E-state index contributed by atoms with van der Waals surface area (Å²) in [4.78, 5) is 22.6. The fourth-order valence-corrected chi connectivity index (χ4v) is 1.71. The summed E-state index contributed by atoms with van der Waals surface area (Å²) >= 11 is 0. The molecule has 0 spiro atoms. The molecule has 5 heteroatoms. The highest BCUT2D eigenvalue weighted by atomic mass is 16.2. The predicted molar refractivity (Wildman–Crippen MR) is 64.6 cm³/mol. The summed E-state index contributed by atoms with van der Waals surface area (Å²) in [5, 5.41) is 3.68. The molecule has 0 saturated carbocycles. The topological polar surface area (TPSA) is 84.5 Å². The molecular weight excluding hydrogens is 218 g/mol. The van der Waals surface area contributed by atoms with Crippen molar-refractivity contribution in [2.75, 3.05) is 0 Å². The number of urea groups is 1. The summed E-state index contributed by atoms with van der Waals surface area (Å²) in [5.41, 5.74) is 9.52. The SMILES string of the molecule is CC1=CC(=NNC(N)=O)C(=O)c2ccccc21. The molecule has 2 rings (SSSR count). The van der Waals surface area contributed by atoms with Gasteiger partial charge in [-0.15, -0.1) is 0 Å². The second-order valence-corrected chi connectivity index (χ2v) is 3.68. The lowest BCUT2D eigenvalue weighted by atomic mass is 9.90. The largest absolute Gasteiger partial charge is 0.350 e. The average Bonchev–Trinajstić information content (AvgIpc) is 2.32. The molecule has 0 atom stereocenters. The number of nitrogens with two attached hydrogens (primary N) is 1. The van der Waals surface area contributed by atoms with Crippen LogP contribution in [0.5, 0.6) is 0 Å². The van der Waals surface area contributed by atoms with Crippen LogP contribution in [0.4, 0.5) is 4.79 Å². The van der Waals surface area contributed by atoms with Gasteiger partial charge in [0.2, 0.25) is 5.78 Å². The number of carbonyl (C=O) groups is 2. The maximum atomic E-state index is 12.0. The number of fused-ring (bicyclic) bond motifs is 1. The second kappa shape index (κ2) is 4.21. The Morgan fingerprint density at radius 2 is 1.94 bits per heavy atom. The van der Waals surface area contributed by atoms with E-state index in [4.69, 9.17) is 5.73 Å². The van der Waals surface area contributed by atoms with Gasteiger partial charge in [0.15, 0.2) is 0 Å². The first-order chi connectivity index (χ1) is 8.09. The lowest BCUT2D eigenvalue weighted by Gasteiger charge is -2.14. The maximum absolute atomic E-state index is 12.0. The Labute approximate surface area is 98.0 Å². The highest BCUT2D eigenvalue weighted by Gasteiger charge is 2.21. The third kappa shape index (κ3) is 2.08. The molecule has 1 aliphatic carbocycles. The molecule has 3 N–H and O–H groups in total. The van der Waals surface area contributed by atoms with Gasteiger partial charge in [-0.25, -0.2) is 10.2 Å². The number of benzene rings is 1. The van der Waals surface area contributed by atoms with Crippen molar-refractivity contribution in [2.45, 2.75) is 6.92 Å². The number of nitrogens with zero attached hydrogens (tertiary/aromatic N) is 1. The monoisotopic (exact) mass is 229 g/mol. The van der Waals surface area contributed by atoms with Crippen LogP contribution in [0.15, 0.2) is 35.4 Å². The molecule has 0 unspecified atom stereocenters. The third-order valence-corrected chi connectivity index (χ3v) is 2.47. The van der Waals surface area contributed by atoms with Gasteiger partial charge in [0, 0.05) is 5.56 Å². The van der Waals surface area contributed by atoms with Gasteiger partial charge >= 0.3 is 6.03 Å². The van der Waals surface area contributed by atoms with Crippen LogP contribution in [-0.2, 0) is 0 Å². The van der Waals surface area contributed by atoms with E-state index in [1.165, 1.54) is 0 Å². The zero-order chi connectivity index (χ0) is 12.4. The highest BCUT2D eigenvalue weighted by Crippen LogP contribution is 2.24. The molecule has 0 bridgehead atoms. The van der Waals surface area contributed by atoms with Crippen LogP contribution in [0.2, 0.25) is 0 Å². The lowest BCUT2D eigenvalue weighted by molar-refractivity contribution is 0.106. The number of ketones is 1. The van der Waals surface area contributed by atoms with E-state index in [2.05, 4.69) is 10.5 Å². The van der Waals surface area contributed by atoms with Crippen molar-refractivity contribution in [3.05, 3.63) is 41.5 Å². The molecule has 0 radical (unpaired) electrons. The van der Waals surface area contributed by atoms with Gasteiger partial charge < -0.3 is 5.73 Å². The van der Waals surface area contributed by atoms with Gasteiger partial charge in [-0.05, 0) is 24.1 Å². The standard InChI is InChI=1S/C12H11N3O2/c1-7-6-10(14-15-12(13)17)11(16)9-5-3-2-4-8(7)9/h2-6H,1H3,(H3,13,15,17). The van der Waals surface area contributed by atoms with Crippen LogP contribution < -0.4 is 11.2 Å². The number of carbonyl (C=O) groups excluding carboxylic acids is 2. The number of hydrogen-bond donors (Lipinski definition) is 2.